The summed E-state index contributed by atoms with van der Waals surface area (Å²) >= 11 is 0. The molecule has 1 saturated heterocycles. The second-order valence-corrected chi connectivity index (χ2v) is 3.89. The van der Waals surface area contributed by atoms with Gasteiger partial charge in [-0.05, 0) is 33.4 Å². The van der Waals surface area contributed by atoms with Gasteiger partial charge in [-0.2, -0.15) is 0 Å². The second-order valence-electron chi connectivity index (χ2n) is 3.89. The zero-order chi connectivity index (χ0) is 8.10. The Morgan fingerprint density at radius 1 is 1.00 bits per heavy atom. The molecule has 0 N–H and O–H groups in total. The highest BCUT2D eigenvalue weighted by molar-refractivity contribution is 4.65. The average Bonchev–Trinajstić information content (AvgIpc) is 2.07. The molecule has 0 radical (unpaired) electrons. The van der Waals surface area contributed by atoms with Crippen LogP contribution in [-0.4, -0.2) is 24.5 Å². The number of rotatable bonds is 0. The summed E-state index contributed by atoms with van der Waals surface area (Å²) in [7, 11) is 2.26. The first-order valence-electron chi connectivity index (χ1n) is 5.01. The lowest BCUT2D eigenvalue weighted by Crippen LogP contribution is -2.29. The van der Waals surface area contributed by atoms with Gasteiger partial charge in [0.05, 0.1) is 0 Å². The van der Waals surface area contributed by atoms with Crippen molar-refractivity contribution < 1.29 is 0 Å². The van der Waals surface area contributed by atoms with Gasteiger partial charge < -0.3 is 4.90 Å². The van der Waals surface area contributed by atoms with E-state index in [-0.39, 0.29) is 0 Å². The fourth-order valence-corrected chi connectivity index (χ4v) is 1.77. The summed E-state index contributed by atoms with van der Waals surface area (Å²) in [5, 5.41) is 0. The zero-order valence-corrected chi connectivity index (χ0v) is 7.97. The van der Waals surface area contributed by atoms with E-state index in [9.17, 15) is 0 Å². The van der Waals surface area contributed by atoms with Crippen LogP contribution < -0.4 is 0 Å². The highest BCUT2D eigenvalue weighted by Gasteiger charge is 2.09. The van der Waals surface area contributed by atoms with Gasteiger partial charge in [-0.25, -0.2) is 0 Å². The predicted molar refractivity (Wildman–Crippen MR) is 49.8 cm³/mol. The Labute approximate surface area is 70.8 Å². The van der Waals surface area contributed by atoms with Crippen LogP contribution in [0.5, 0.6) is 0 Å². The molecular weight excluding hydrogens is 134 g/mol. The molecule has 1 atom stereocenters. The fourth-order valence-electron chi connectivity index (χ4n) is 1.77. The lowest BCUT2D eigenvalue weighted by Gasteiger charge is -2.23. The Balaban J connectivity index is 2.29. The molecule has 0 saturated carbocycles. The molecule has 1 rings (SSSR count). The van der Waals surface area contributed by atoms with Gasteiger partial charge in [-0.1, -0.05) is 25.7 Å². The van der Waals surface area contributed by atoms with Gasteiger partial charge in [0, 0.05) is 6.04 Å². The monoisotopic (exact) mass is 155 g/mol. The third-order valence-electron chi connectivity index (χ3n) is 2.89. The van der Waals surface area contributed by atoms with E-state index in [2.05, 4.69) is 18.9 Å². The normalized spacial score (nSPS) is 30.5. The summed E-state index contributed by atoms with van der Waals surface area (Å²) in [4.78, 5) is 2.51. The minimum atomic E-state index is 0.813. The first kappa shape index (κ1) is 9.05. The van der Waals surface area contributed by atoms with Gasteiger partial charge in [-0.15, -0.1) is 0 Å². The molecule has 11 heavy (non-hydrogen) atoms. The van der Waals surface area contributed by atoms with Crippen LogP contribution in [0.1, 0.15) is 45.4 Å². The standard InChI is InChI=1S/C10H21N/c1-10-8-6-4-3-5-7-9-11(10)2/h10H,3-9H2,1-2H3. The molecule has 1 heterocycles. The molecule has 1 heteroatoms. The van der Waals surface area contributed by atoms with Gasteiger partial charge in [0.15, 0.2) is 0 Å². The minimum absolute atomic E-state index is 0.813. The van der Waals surface area contributed by atoms with Gasteiger partial charge in [0.1, 0.15) is 0 Å². The average molecular weight is 155 g/mol. The van der Waals surface area contributed by atoms with E-state index in [1.165, 1.54) is 45.1 Å². The molecular formula is C10H21N. The van der Waals surface area contributed by atoms with E-state index in [0.29, 0.717) is 0 Å². The topological polar surface area (TPSA) is 3.24 Å². The maximum atomic E-state index is 2.51. The van der Waals surface area contributed by atoms with Crippen LogP contribution in [0, 0.1) is 0 Å². The highest BCUT2D eigenvalue weighted by Crippen LogP contribution is 2.14. The Kier molecular flexibility index (Phi) is 3.92. The van der Waals surface area contributed by atoms with Crippen molar-refractivity contribution in [2.75, 3.05) is 13.6 Å². The molecule has 0 aromatic rings. The zero-order valence-electron chi connectivity index (χ0n) is 7.97. The fraction of sp³-hybridized carbons (Fsp3) is 1.00. The van der Waals surface area contributed by atoms with E-state index in [4.69, 9.17) is 0 Å². The number of nitrogens with zero attached hydrogens (tertiary/aromatic N) is 1. The maximum Gasteiger partial charge on any atom is 0.00638 e. The smallest absolute Gasteiger partial charge is 0.00638 e. The van der Waals surface area contributed by atoms with E-state index in [1.54, 1.807) is 0 Å². The molecule has 0 amide bonds. The second kappa shape index (κ2) is 4.76. The van der Waals surface area contributed by atoms with E-state index in [1.807, 2.05) is 0 Å². The Bertz CT molecular complexity index is 89.0. The third kappa shape index (κ3) is 3.24. The lowest BCUT2D eigenvalue weighted by molar-refractivity contribution is 0.245. The van der Waals surface area contributed by atoms with E-state index >= 15 is 0 Å². The van der Waals surface area contributed by atoms with Gasteiger partial charge in [0.2, 0.25) is 0 Å². The molecule has 0 spiro atoms. The molecule has 1 nitrogen and oxygen atoms in total. The SMILES string of the molecule is CC1CCCCCCCN1C. The molecule has 1 aliphatic rings. The van der Waals surface area contributed by atoms with Crippen LogP contribution in [0.3, 0.4) is 0 Å². The first-order valence-corrected chi connectivity index (χ1v) is 5.01. The summed E-state index contributed by atoms with van der Waals surface area (Å²) in [6, 6.07) is 0.813. The molecule has 1 fully saturated rings. The summed E-state index contributed by atoms with van der Waals surface area (Å²) in [5.41, 5.74) is 0. The third-order valence-corrected chi connectivity index (χ3v) is 2.89. The quantitative estimate of drug-likeness (QED) is 0.520. The summed E-state index contributed by atoms with van der Waals surface area (Å²) < 4.78 is 0. The molecule has 0 aliphatic carbocycles. The van der Waals surface area contributed by atoms with Crippen molar-refractivity contribution in [3.05, 3.63) is 0 Å². The Morgan fingerprint density at radius 3 is 2.45 bits per heavy atom. The molecule has 66 valence electrons. The minimum Gasteiger partial charge on any atom is -0.304 e. The van der Waals surface area contributed by atoms with Crippen molar-refractivity contribution in [1.82, 2.24) is 4.90 Å². The number of hydrogen-bond donors (Lipinski definition) is 0. The van der Waals surface area contributed by atoms with E-state index < -0.39 is 0 Å². The van der Waals surface area contributed by atoms with Crippen molar-refractivity contribution >= 4 is 0 Å². The van der Waals surface area contributed by atoms with Crippen LogP contribution in [0.4, 0.5) is 0 Å². The van der Waals surface area contributed by atoms with Crippen LogP contribution >= 0.6 is 0 Å². The van der Waals surface area contributed by atoms with Crippen molar-refractivity contribution in [3.63, 3.8) is 0 Å². The predicted octanol–water partition coefficient (Wildman–Crippen LogP) is 2.66. The summed E-state index contributed by atoms with van der Waals surface area (Å²) in [6.45, 7) is 3.66. The van der Waals surface area contributed by atoms with Gasteiger partial charge in [0.25, 0.3) is 0 Å². The molecule has 1 unspecified atom stereocenters. The molecule has 0 aromatic carbocycles. The van der Waals surface area contributed by atoms with Crippen molar-refractivity contribution in [1.29, 1.82) is 0 Å². The Morgan fingerprint density at radius 2 is 1.64 bits per heavy atom. The van der Waals surface area contributed by atoms with Crippen LogP contribution in [0.15, 0.2) is 0 Å². The Hall–Kier alpha value is -0.0400. The highest BCUT2D eigenvalue weighted by atomic mass is 15.1. The summed E-state index contributed by atoms with van der Waals surface area (Å²) in [5.74, 6) is 0. The van der Waals surface area contributed by atoms with Crippen LogP contribution in [0.25, 0.3) is 0 Å². The molecule has 0 bridgehead atoms. The van der Waals surface area contributed by atoms with Crippen LogP contribution in [-0.2, 0) is 0 Å². The van der Waals surface area contributed by atoms with Crippen molar-refractivity contribution in [2.45, 2.75) is 51.5 Å². The molecule has 0 aromatic heterocycles. The van der Waals surface area contributed by atoms with Crippen molar-refractivity contribution in [2.24, 2.45) is 0 Å². The lowest BCUT2D eigenvalue weighted by atomic mass is 10.1. The first-order chi connectivity index (χ1) is 5.30. The van der Waals surface area contributed by atoms with Gasteiger partial charge >= 0.3 is 0 Å². The van der Waals surface area contributed by atoms with Gasteiger partial charge in [-0.3, -0.25) is 0 Å². The maximum absolute atomic E-state index is 2.51. The molecule has 1 aliphatic heterocycles. The van der Waals surface area contributed by atoms with E-state index in [0.717, 1.165) is 6.04 Å². The summed E-state index contributed by atoms with van der Waals surface area (Å²) in [6.07, 6.45) is 8.60. The van der Waals surface area contributed by atoms with Crippen LogP contribution in [0.2, 0.25) is 0 Å². The largest absolute Gasteiger partial charge is 0.304 e. The van der Waals surface area contributed by atoms with Crippen molar-refractivity contribution in [3.8, 4) is 0 Å². The number of hydrogen-bond acceptors (Lipinski definition) is 1.